The molecule has 0 radical (unpaired) electrons. The lowest BCUT2D eigenvalue weighted by atomic mass is 9.61. The van der Waals surface area contributed by atoms with Gasteiger partial charge in [0.15, 0.2) is 0 Å². The van der Waals surface area contributed by atoms with Gasteiger partial charge in [-0.15, -0.1) is 0 Å². The molecule has 0 aliphatic heterocycles. The third kappa shape index (κ3) is 5.16. The van der Waals surface area contributed by atoms with Gasteiger partial charge < -0.3 is 0 Å². The Kier molecular flexibility index (Phi) is 8.51. The van der Waals surface area contributed by atoms with Gasteiger partial charge in [0.25, 0.3) is 0 Å². The summed E-state index contributed by atoms with van der Waals surface area (Å²) in [6.07, 6.45) is 8.41. The molecule has 0 heterocycles. The van der Waals surface area contributed by atoms with Crippen LogP contribution >= 0.6 is 0 Å². The van der Waals surface area contributed by atoms with E-state index in [4.69, 9.17) is 4.99 Å². The minimum Gasteiger partial charge on any atom is -0.264 e. The van der Waals surface area contributed by atoms with Gasteiger partial charge in [-0.05, 0) is 153 Å². The van der Waals surface area contributed by atoms with Gasteiger partial charge in [-0.1, -0.05) is 201 Å². The van der Waals surface area contributed by atoms with Crippen LogP contribution < -0.4 is 0 Å². The van der Waals surface area contributed by atoms with Crippen LogP contribution in [0.5, 0.6) is 0 Å². The molecule has 1 spiro atoms. The van der Waals surface area contributed by atoms with Gasteiger partial charge in [-0.2, -0.15) is 0 Å². The predicted molar refractivity (Wildman–Crippen MR) is 276 cm³/mol. The van der Waals surface area contributed by atoms with Crippen molar-refractivity contribution in [2.45, 2.75) is 12.3 Å². The second kappa shape index (κ2) is 14.5. The molecule has 0 aromatic heterocycles. The Morgan fingerprint density at radius 2 is 1.00 bits per heavy atom. The van der Waals surface area contributed by atoms with Gasteiger partial charge in [-0.25, -0.2) is 0 Å². The van der Waals surface area contributed by atoms with Crippen molar-refractivity contribution in [2.75, 3.05) is 0 Å². The minimum absolute atomic E-state index is 0.578. The summed E-state index contributed by atoms with van der Waals surface area (Å²) in [6.45, 7) is 15.1. The van der Waals surface area contributed by atoms with E-state index < -0.39 is 5.41 Å². The first-order valence-corrected chi connectivity index (χ1v) is 22.1. The number of fused-ring (bicyclic) bond motifs is 10. The fourth-order valence-corrected chi connectivity index (χ4v) is 11.4. The largest absolute Gasteiger partial charge is 0.264 e. The molecule has 1 heteroatoms. The van der Waals surface area contributed by atoms with E-state index in [1.807, 2.05) is 12.2 Å². The van der Waals surface area contributed by atoms with E-state index in [1.165, 1.54) is 76.6 Å². The highest BCUT2D eigenvalue weighted by Gasteiger charge is 2.51. The topological polar surface area (TPSA) is 12.4 Å². The van der Waals surface area contributed by atoms with E-state index in [0.717, 1.165) is 55.6 Å². The summed E-state index contributed by atoms with van der Waals surface area (Å²) < 4.78 is 0. The third-order valence-electron chi connectivity index (χ3n) is 14.0. The lowest BCUT2D eigenvalue weighted by Gasteiger charge is -2.40. The number of allylic oxidation sites excluding steroid dienone is 3. The third-order valence-corrected chi connectivity index (χ3v) is 14.0. The molecular weight excluding hydrogens is 771 g/mol. The molecule has 2 aliphatic carbocycles. The fourth-order valence-electron chi connectivity index (χ4n) is 11.4. The summed E-state index contributed by atoms with van der Waals surface area (Å²) in [5, 5.41) is 9.73. The zero-order valence-electron chi connectivity index (χ0n) is 35.7. The number of aliphatic imine (C=N–C) groups is 1. The summed E-state index contributed by atoms with van der Waals surface area (Å²) in [5.41, 5.74) is 18.0. The molecule has 300 valence electrons. The number of hydrogen-bond donors (Lipinski definition) is 0. The molecule has 10 aromatic rings. The van der Waals surface area contributed by atoms with E-state index in [0.29, 0.717) is 0 Å². The maximum Gasteiger partial charge on any atom is 0.0746 e. The molecule has 0 amide bonds. The van der Waals surface area contributed by atoms with Gasteiger partial charge in [0.2, 0.25) is 0 Å². The van der Waals surface area contributed by atoms with Crippen LogP contribution in [0.15, 0.2) is 218 Å². The molecule has 0 saturated heterocycles. The zero-order chi connectivity index (χ0) is 43.1. The second-order valence-electron chi connectivity index (χ2n) is 17.0. The normalized spacial score (nSPS) is 15.1. The molecule has 1 nitrogen and oxygen atoms in total. The van der Waals surface area contributed by atoms with Crippen LogP contribution in [-0.2, 0) is 5.41 Å². The molecule has 12 rings (SSSR count). The Morgan fingerprint density at radius 3 is 1.77 bits per heavy atom. The maximum atomic E-state index is 4.90. The Balaban J connectivity index is 1.07. The van der Waals surface area contributed by atoms with Crippen molar-refractivity contribution < 1.29 is 0 Å². The first kappa shape index (κ1) is 37.6. The van der Waals surface area contributed by atoms with E-state index in [1.54, 1.807) is 0 Å². The molecule has 10 aromatic carbocycles. The number of hydrogen-bond acceptors (Lipinski definition) is 1. The molecule has 0 bridgehead atoms. The maximum absolute atomic E-state index is 4.90. The van der Waals surface area contributed by atoms with Crippen LogP contribution in [0.4, 0.5) is 0 Å². The average Bonchev–Trinajstić information content (AvgIpc) is 3.63. The smallest absolute Gasteiger partial charge is 0.0746 e. The van der Waals surface area contributed by atoms with Crippen molar-refractivity contribution in [1.29, 1.82) is 0 Å². The molecule has 64 heavy (non-hydrogen) atoms. The van der Waals surface area contributed by atoms with E-state index >= 15 is 0 Å². The van der Waals surface area contributed by atoms with E-state index in [2.05, 4.69) is 221 Å². The molecule has 0 saturated carbocycles. The Bertz CT molecular complexity index is 3710. The lowest BCUT2D eigenvalue weighted by Crippen LogP contribution is -2.32. The number of nitrogens with zero attached hydrogens (tertiary/aromatic N) is 1. The van der Waals surface area contributed by atoms with Gasteiger partial charge in [0.1, 0.15) is 0 Å². The fraction of sp³-hybridized carbons (Fsp3) is 0.0317. The molecule has 0 N–H and O–H groups in total. The van der Waals surface area contributed by atoms with Crippen molar-refractivity contribution in [3.63, 3.8) is 0 Å². The summed E-state index contributed by atoms with van der Waals surface area (Å²) in [7, 11) is 0. The summed E-state index contributed by atoms with van der Waals surface area (Å²) >= 11 is 0. The first-order chi connectivity index (χ1) is 31.6. The molecule has 0 fully saturated rings. The molecule has 1 unspecified atom stereocenters. The van der Waals surface area contributed by atoms with Crippen LogP contribution in [0.25, 0.3) is 105 Å². The van der Waals surface area contributed by atoms with Crippen molar-refractivity contribution in [3.05, 3.63) is 246 Å². The molecule has 2 aliphatic rings. The highest BCUT2D eigenvalue weighted by Crippen LogP contribution is 2.61. The van der Waals surface area contributed by atoms with E-state index in [9.17, 15) is 0 Å². The quantitative estimate of drug-likeness (QED) is 0.112. The Morgan fingerprint density at radius 1 is 0.422 bits per heavy atom. The highest BCUT2D eigenvalue weighted by molar-refractivity contribution is 6.18. The van der Waals surface area contributed by atoms with Crippen LogP contribution in [0, 0.1) is 0 Å². The first-order valence-electron chi connectivity index (χ1n) is 22.1. The van der Waals surface area contributed by atoms with Gasteiger partial charge in [0, 0.05) is 5.56 Å². The van der Waals surface area contributed by atoms with Crippen LogP contribution in [0.2, 0.25) is 0 Å². The highest BCUT2D eigenvalue weighted by atomic mass is 14.7. The van der Waals surface area contributed by atoms with E-state index in [-0.39, 0.29) is 0 Å². The van der Waals surface area contributed by atoms with Gasteiger partial charge in [-0.3, -0.25) is 4.99 Å². The number of benzene rings is 10. The Labute approximate surface area is 374 Å². The summed E-state index contributed by atoms with van der Waals surface area (Å²) in [6, 6.07) is 67.1. The lowest BCUT2D eigenvalue weighted by molar-refractivity contribution is 0.766. The molecule has 1 atom stereocenters. The monoisotopic (exact) mass is 813 g/mol. The van der Waals surface area contributed by atoms with Crippen LogP contribution in [0.3, 0.4) is 0 Å². The zero-order valence-corrected chi connectivity index (χ0v) is 35.7. The van der Waals surface area contributed by atoms with Crippen molar-refractivity contribution >= 4 is 67.7 Å². The van der Waals surface area contributed by atoms with Crippen molar-refractivity contribution in [2.24, 2.45) is 4.99 Å². The second-order valence-corrected chi connectivity index (χ2v) is 17.0. The standard InChI is InChI=1S/C63H43N/c1-5-17-60-62(64-4)56-36-43(34-35-58(56)63(60)57-28-13-12-25-50(57)51-27-15-20-42-21-16-29-59(63)61(42)51)53-38-54-45(7-3)44(6-2)52(37-55(54)49-24-11-10-23-48(49)53)41-32-30-40(31-33-41)47-26-14-19-39-18-8-9-22-46(39)47/h5-38H,2-4H2,1H3/b17-5-. The van der Waals surface area contributed by atoms with Crippen LogP contribution in [-0.4, -0.2) is 6.72 Å². The average molecular weight is 814 g/mol. The SMILES string of the molecule is C=Cc1c(-c2ccc(-c3cccc4ccccc34)cc2)cc2c(cc(-c3ccc4c(c3)C(N=C)=C(/C=C\C)C43c4ccccc4-c4cccc5cccc3c45)c3ccccc32)c1C=C. The van der Waals surface area contributed by atoms with Crippen molar-refractivity contribution in [1.82, 2.24) is 0 Å². The summed E-state index contributed by atoms with van der Waals surface area (Å²) in [5.74, 6) is 0. The Hall–Kier alpha value is -8.13. The van der Waals surface area contributed by atoms with Crippen molar-refractivity contribution in [3.8, 4) is 44.5 Å². The van der Waals surface area contributed by atoms with Crippen LogP contribution in [0.1, 0.15) is 40.3 Å². The number of rotatable bonds is 7. The minimum atomic E-state index is -0.578. The molecular formula is C63H43N. The summed E-state index contributed by atoms with van der Waals surface area (Å²) in [4.78, 5) is 4.90. The predicted octanol–water partition coefficient (Wildman–Crippen LogP) is 16.9. The van der Waals surface area contributed by atoms with Gasteiger partial charge in [0.05, 0.1) is 11.1 Å². The van der Waals surface area contributed by atoms with Gasteiger partial charge >= 0.3 is 0 Å².